The number of carbonyl (C=O) groups excluding carboxylic acids is 3. The van der Waals surface area contributed by atoms with Gasteiger partial charge >= 0.3 is 0 Å². The SMILES string of the molecule is C=C1CN(C)c2c(ncnc2N2CCN(C(=O)[C@H](CNC(C)C)c3ccc(Cl)cc3)CC2)N1.C=C1C[C@@H](C)c2c(ncnc2N2CCN(C(=O)C3(c4ccc(Cl)cc4)CCCCC3)CC2)N1.C=C1Nc2ncnc(N3CCN(C(=O)[C@H](CNC(C)C)c4ccc(Cl)cc4)CC3)c2CC1C.Cl.Cl.O=CO. The fourth-order valence-electron chi connectivity index (χ4n) is 14.7. The van der Waals surface area contributed by atoms with Crippen LogP contribution in [-0.2, 0) is 31.0 Å². The van der Waals surface area contributed by atoms with E-state index in [1.54, 1.807) is 19.0 Å². The normalized spacial score (nSPS) is 18.8. The number of likely N-dealkylation sites (N-methyl/N-ethyl adjacent to an activating group) is 1. The zero-order valence-corrected chi connectivity index (χ0v) is 64.6. The lowest BCUT2D eigenvalue weighted by Gasteiger charge is -2.44. The minimum Gasteiger partial charge on any atom is -0.483 e. The van der Waals surface area contributed by atoms with Gasteiger partial charge in [0.05, 0.1) is 23.8 Å². The number of carbonyl (C=O) groups is 4. The number of hydrogen-bond acceptors (Lipinski definition) is 19. The van der Waals surface area contributed by atoms with Crippen LogP contribution >= 0.6 is 59.6 Å². The number of halogens is 5. The third kappa shape index (κ3) is 19.9. The largest absolute Gasteiger partial charge is 0.483 e. The molecule has 1 unspecified atom stereocenters. The predicted molar refractivity (Wildman–Crippen MR) is 424 cm³/mol. The van der Waals surface area contributed by atoms with E-state index in [0.29, 0.717) is 97.9 Å². The second-order valence-corrected chi connectivity index (χ2v) is 29.4. The van der Waals surface area contributed by atoms with Crippen molar-refractivity contribution in [2.75, 3.05) is 141 Å². The fourth-order valence-corrected chi connectivity index (χ4v) is 15.0. The number of carboxylic acid groups (broad SMARTS) is 1. The lowest BCUT2D eigenvalue weighted by atomic mass is 9.68. The lowest BCUT2D eigenvalue weighted by molar-refractivity contribution is -0.139. The van der Waals surface area contributed by atoms with Crippen molar-refractivity contribution in [1.29, 1.82) is 0 Å². The van der Waals surface area contributed by atoms with E-state index < -0.39 is 5.41 Å². The maximum absolute atomic E-state index is 14.0. The standard InChI is InChI=1S/C26H32ClN5O.C25H33ClN6O.C24H32ClN7O.CH2O2.2ClH/c1-18-16-19(2)30-23-22(18)24(29-17-28-23)31-12-14-32(15-13-31)25(33)26(10-4-3-5-11-26)20-6-8-21(27)9-7-20;1-16(2)27-14-22(19-5-7-20(26)8-6-19)25(33)32-11-9-31(10-12-32)24-21-13-17(3)18(4)30-23(21)28-15-29-24;1-16(2)26-13-20(18-5-7-19(25)8-6-18)24(33)32-11-9-31(10-12-32)23-21-22(27-15-28-23)29-17(3)14-30(21)4;2-1-3;;/h6-9,17-18H,2-5,10-16H2,1H3,(H,28,29,30);5-8,15-17,22,27H,4,9-14H2,1-3H3,(H,28,29,30);5-8,15-16,20,26H,3,9-14H2,1-2,4H3,(H,27,28,29);1H,(H,2,3);2*1H/t18-;17?,22-;20-;;;/m111.../s1. The summed E-state index contributed by atoms with van der Waals surface area (Å²) in [6, 6.07) is 23.8. The average molecular weight is 1520 g/mol. The molecule has 104 heavy (non-hydrogen) atoms. The van der Waals surface area contributed by atoms with Crippen LogP contribution in [0.4, 0.5) is 40.6 Å². The van der Waals surface area contributed by atoms with E-state index in [9.17, 15) is 14.4 Å². The van der Waals surface area contributed by atoms with E-state index in [1.807, 2.05) is 77.5 Å². The average Bonchev–Trinajstić information content (AvgIpc) is 0.555. The highest BCUT2D eigenvalue weighted by atomic mass is 35.5. The molecule has 1 saturated carbocycles. The molecule has 3 aromatic carbocycles. The van der Waals surface area contributed by atoms with Crippen molar-refractivity contribution in [3.8, 4) is 0 Å². The quantitative estimate of drug-likeness (QED) is 0.0523. The Balaban J connectivity index is 0.000000192. The summed E-state index contributed by atoms with van der Waals surface area (Å²) in [6.07, 6.45) is 11.8. The molecule has 4 fully saturated rings. The molecule has 9 heterocycles. The molecule has 6 N–H and O–H groups in total. The van der Waals surface area contributed by atoms with Gasteiger partial charge in [0.25, 0.3) is 6.47 Å². The molecular weight excluding hydrogens is 1420 g/mol. The number of rotatable bonds is 15. The molecule has 0 spiro atoms. The second-order valence-electron chi connectivity index (χ2n) is 28.0. The topological polar surface area (TPSA) is 249 Å². The molecule has 3 aromatic heterocycles. The van der Waals surface area contributed by atoms with Crippen molar-refractivity contribution in [3.05, 3.63) is 171 Å². The summed E-state index contributed by atoms with van der Waals surface area (Å²) in [7, 11) is 2.02. The van der Waals surface area contributed by atoms with Crippen molar-refractivity contribution in [3.63, 3.8) is 0 Å². The summed E-state index contributed by atoms with van der Waals surface area (Å²) in [6.45, 7) is 35.1. The van der Waals surface area contributed by atoms with Crippen LogP contribution in [0.25, 0.3) is 0 Å². The third-order valence-corrected chi connectivity index (χ3v) is 20.9. The zero-order chi connectivity index (χ0) is 72.8. The monoisotopic (exact) mass is 1520 g/mol. The van der Waals surface area contributed by atoms with Gasteiger partial charge in [-0.05, 0) is 90.6 Å². The summed E-state index contributed by atoms with van der Waals surface area (Å²) in [5.74, 6) is 6.09. The highest BCUT2D eigenvalue weighted by molar-refractivity contribution is 6.31. The van der Waals surface area contributed by atoms with Crippen LogP contribution < -0.4 is 46.2 Å². The first kappa shape index (κ1) is 81.6. The number of amides is 3. The van der Waals surface area contributed by atoms with Crippen molar-refractivity contribution in [1.82, 2.24) is 55.2 Å². The van der Waals surface area contributed by atoms with Gasteiger partial charge in [-0.15, -0.1) is 24.8 Å². The second kappa shape index (κ2) is 37.8. The summed E-state index contributed by atoms with van der Waals surface area (Å²) in [4.78, 5) is 91.4. The summed E-state index contributed by atoms with van der Waals surface area (Å²) in [5, 5.41) is 25.7. The molecule has 0 radical (unpaired) electrons. The van der Waals surface area contributed by atoms with Crippen LogP contribution in [-0.4, -0.2) is 191 Å². The minimum absolute atomic E-state index is 0. The van der Waals surface area contributed by atoms with Crippen molar-refractivity contribution in [2.45, 2.75) is 122 Å². The van der Waals surface area contributed by atoms with Crippen LogP contribution in [0, 0.1) is 5.92 Å². The van der Waals surface area contributed by atoms with Gasteiger partial charge in [-0.25, -0.2) is 29.9 Å². The van der Waals surface area contributed by atoms with Gasteiger partial charge in [0.2, 0.25) is 17.7 Å². The van der Waals surface area contributed by atoms with E-state index in [4.69, 9.17) is 44.7 Å². The van der Waals surface area contributed by atoms with Gasteiger partial charge in [-0.2, -0.15) is 0 Å². The third-order valence-electron chi connectivity index (χ3n) is 20.2. The molecule has 3 saturated heterocycles. The molecule has 28 heteroatoms. The number of piperazine rings is 3. The van der Waals surface area contributed by atoms with Gasteiger partial charge in [0.1, 0.15) is 47.9 Å². The van der Waals surface area contributed by atoms with Crippen LogP contribution in [0.3, 0.4) is 0 Å². The Bertz CT molecular complexity index is 3900. The Labute approximate surface area is 639 Å². The number of allylic oxidation sites excluding steroid dienone is 2. The van der Waals surface area contributed by atoms with Crippen LogP contribution in [0.5, 0.6) is 0 Å². The first-order chi connectivity index (χ1) is 49.0. The molecule has 0 bridgehead atoms. The molecule has 560 valence electrons. The Morgan fingerprint density at radius 2 is 0.981 bits per heavy atom. The summed E-state index contributed by atoms with van der Waals surface area (Å²) < 4.78 is 0. The van der Waals surface area contributed by atoms with E-state index >= 15 is 0 Å². The molecule has 6 aromatic rings. The van der Waals surface area contributed by atoms with Crippen molar-refractivity contribution in [2.24, 2.45) is 5.92 Å². The highest BCUT2D eigenvalue weighted by Crippen LogP contribution is 2.44. The molecular formula is C76H101Cl5N18O5. The van der Waals surface area contributed by atoms with Gasteiger partial charge < -0.3 is 66.0 Å². The van der Waals surface area contributed by atoms with E-state index in [-0.39, 0.29) is 60.8 Å². The predicted octanol–water partition coefficient (Wildman–Crippen LogP) is 12.3. The molecule has 1 aliphatic carbocycles. The van der Waals surface area contributed by atoms with E-state index in [1.165, 1.54) is 6.42 Å². The zero-order valence-electron chi connectivity index (χ0n) is 60.7. The first-order valence-corrected chi connectivity index (χ1v) is 36.7. The van der Waals surface area contributed by atoms with Crippen LogP contribution in [0.1, 0.15) is 126 Å². The summed E-state index contributed by atoms with van der Waals surface area (Å²) >= 11 is 18.3. The Morgan fingerprint density at radius 3 is 1.48 bits per heavy atom. The van der Waals surface area contributed by atoms with E-state index in [2.05, 4.69) is 154 Å². The van der Waals surface area contributed by atoms with Crippen LogP contribution in [0.2, 0.25) is 15.1 Å². The fraction of sp³-hybridized carbons (Fsp3) is 0.474. The summed E-state index contributed by atoms with van der Waals surface area (Å²) in [5.41, 5.74) is 8.84. The number of hydrogen-bond donors (Lipinski definition) is 6. The molecule has 7 aliphatic rings. The van der Waals surface area contributed by atoms with Gasteiger partial charge in [-0.1, -0.05) is 152 Å². The van der Waals surface area contributed by atoms with Crippen LogP contribution in [0.15, 0.2) is 129 Å². The molecule has 13 rings (SSSR count). The molecule has 3 amide bonds. The number of nitrogens with zero attached hydrogens (tertiary/aromatic N) is 13. The number of nitrogens with one attached hydrogen (secondary N) is 5. The lowest BCUT2D eigenvalue weighted by Crippen LogP contribution is -2.55. The number of fused-ring (bicyclic) bond motifs is 3. The molecule has 6 aliphatic heterocycles. The first-order valence-electron chi connectivity index (χ1n) is 35.6. The van der Waals surface area contributed by atoms with Gasteiger partial charge in [0, 0.05) is 154 Å². The number of anilines is 7. The van der Waals surface area contributed by atoms with Gasteiger partial charge in [0.15, 0.2) is 11.6 Å². The Hall–Kier alpha value is -8.03. The Morgan fingerprint density at radius 1 is 0.558 bits per heavy atom. The molecule has 4 atom stereocenters. The minimum atomic E-state index is -0.419. The number of benzene rings is 3. The maximum atomic E-state index is 14.0. The van der Waals surface area contributed by atoms with Gasteiger partial charge in [-0.3, -0.25) is 19.2 Å². The highest BCUT2D eigenvalue weighted by Gasteiger charge is 2.45. The maximum Gasteiger partial charge on any atom is 0.290 e. The Kier molecular flexibility index (Phi) is 29.7. The van der Waals surface area contributed by atoms with E-state index in [0.717, 1.165) is 163 Å². The molecule has 23 nitrogen and oxygen atoms in total. The smallest absolute Gasteiger partial charge is 0.290 e. The number of aromatic nitrogens is 6. The van der Waals surface area contributed by atoms with Crippen molar-refractivity contribution >= 4 is 124 Å². The van der Waals surface area contributed by atoms with Crippen molar-refractivity contribution < 1.29 is 24.3 Å².